The Morgan fingerprint density at radius 1 is 0.903 bits per heavy atom. The molecule has 8 heteroatoms. The number of sulfonamides is 1. The fourth-order valence-electron chi connectivity index (χ4n) is 3.05. The van der Waals surface area contributed by atoms with Gasteiger partial charge >= 0.3 is 0 Å². The summed E-state index contributed by atoms with van der Waals surface area (Å²) in [5.41, 5.74) is 1.64. The highest BCUT2D eigenvalue weighted by Gasteiger charge is 2.27. The van der Waals surface area contributed by atoms with Crippen LogP contribution in [0, 0.1) is 0 Å². The first-order valence-corrected chi connectivity index (χ1v) is 11.8. The van der Waals surface area contributed by atoms with E-state index in [0.717, 1.165) is 9.87 Å². The molecule has 0 aliphatic carbocycles. The lowest BCUT2D eigenvalue weighted by molar-refractivity contribution is -0.122. The maximum atomic E-state index is 13.3. The summed E-state index contributed by atoms with van der Waals surface area (Å²) in [7, 11) is -3.94. The zero-order valence-corrected chi connectivity index (χ0v) is 19.2. The molecule has 0 spiro atoms. The third kappa shape index (κ3) is 6.31. The van der Waals surface area contributed by atoms with Crippen LogP contribution in [0.3, 0.4) is 0 Å². The van der Waals surface area contributed by atoms with E-state index in [4.69, 9.17) is 23.2 Å². The Labute approximate surface area is 192 Å². The minimum Gasteiger partial charge on any atom is -0.348 e. The molecule has 0 bridgehead atoms. The molecule has 0 aliphatic rings. The van der Waals surface area contributed by atoms with Gasteiger partial charge in [-0.15, -0.1) is 0 Å². The Balaban J connectivity index is 1.83. The topological polar surface area (TPSA) is 66.5 Å². The highest BCUT2D eigenvalue weighted by Crippen LogP contribution is 2.21. The van der Waals surface area contributed by atoms with Gasteiger partial charge < -0.3 is 5.32 Å². The molecule has 0 saturated heterocycles. The molecular weight excluding hydrogens is 455 g/mol. The number of nitrogens with one attached hydrogen (secondary N) is 1. The maximum absolute atomic E-state index is 13.3. The van der Waals surface area contributed by atoms with Crippen LogP contribution in [0.4, 0.5) is 0 Å². The molecule has 1 atom stereocenters. The van der Waals surface area contributed by atoms with Crippen molar-refractivity contribution in [2.75, 3.05) is 6.54 Å². The average molecular weight is 477 g/mol. The standard InChI is InChI=1S/C23H22Cl2N2O3S/c1-17(19-5-3-2-4-6-19)26-23(28)16-27(15-18-7-9-20(24)10-8-18)31(29,30)22-13-11-21(25)12-14-22/h2-14,17H,15-16H2,1H3,(H,26,28)/t17-/m0/s1. The van der Waals surface area contributed by atoms with Crippen molar-refractivity contribution >= 4 is 39.1 Å². The predicted molar refractivity (Wildman–Crippen MR) is 123 cm³/mol. The highest BCUT2D eigenvalue weighted by atomic mass is 35.5. The van der Waals surface area contributed by atoms with Crippen molar-refractivity contribution < 1.29 is 13.2 Å². The molecule has 162 valence electrons. The second-order valence-electron chi connectivity index (χ2n) is 7.05. The van der Waals surface area contributed by atoms with Gasteiger partial charge in [0.15, 0.2) is 0 Å². The van der Waals surface area contributed by atoms with Gasteiger partial charge in [-0.2, -0.15) is 4.31 Å². The second kappa shape index (κ2) is 10.3. The van der Waals surface area contributed by atoms with Crippen molar-refractivity contribution in [2.24, 2.45) is 0 Å². The van der Waals surface area contributed by atoms with Gasteiger partial charge in [0.1, 0.15) is 0 Å². The smallest absolute Gasteiger partial charge is 0.243 e. The molecule has 5 nitrogen and oxygen atoms in total. The maximum Gasteiger partial charge on any atom is 0.243 e. The van der Waals surface area contributed by atoms with Crippen molar-refractivity contribution in [1.82, 2.24) is 9.62 Å². The number of hydrogen-bond acceptors (Lipinski definition) is 3. The summed E-state index contributed by atoms with van der Waals surface area (Å²) in [5, 5.41) is 3.84. The van der Waals surface area contributed by atoms with E-state index in [1.165, 1.54) is 24.3 Å². The van der Waals surface area contributed by atoms with Crippen LogP contribution in [-0.4, -0.2) is 25.2 Å². The summed E-state index contributed by atoms with van der Waals surface area (Å²) in [5.74, 6) is -0.400. The number of carbonyl (C=O) groups excluding carboxylic acids is 1. The minimum absolute atomic E-state index is 0.0231. The van der Waals surface area contributed by atoms with Gasteiger partial charge in [-0.05, 0) is 54.4 Å². The summed E-state index contributed by atoms with van der Waals surface area (Å²) >= 11 is 11.8. The van der Waals surface area contributed by atoms with Gasteiger partial charge in [-0.3, -0.25) is 4.79 Å². The van der Waals surface area contributed by atoms with E-state index in [0.29, 0.717) is 15.6 Å². The van der Waals surface area contributed by atoms with E-state index in [2.05, 4.69) is 5.32 Å². The molecule has 3 aromatic rings. The fraction of sp³-hybridized carbons (Fsp3) is 0.174. The van der Waals surface area contributed by atoms with E-state index in [9.17, 15) is 13.2 Å². The first-order chi connectivity index (χ1) is 14.8. The van der Waals surface area contributed by atoms with Crippen LogP contribution in [0.1, 0.15) is 24.1 Å². The summed E-state index contributed by atoms with van der Waals surface area (Å²) < 4.78 is 27.7. The van der Waals surface area contributed by atoms with Crippen molar-refractivity contribution in [3.63, 3.8) is 0 Å². The van der Waals surface area contributed by atoms with Crippen LogP contribution in [0.15, 0.2) is 83.8 Å². The lowest BCUT2D eigenvalue weighted by atomic mass is 10.1. The van der Waals surface area contributed by atoms with Gasteiger partial charge in [0.25, 0.3) is 0 Å². The Morgan fingerprint density at radius 2 is 1.45 bits per heavy atom. The van der Waals surface area contributed by atoms with Gasteiger partial charge in [-0.1, -0.05) is 65.7 Å². The number of benzene rings is 3. The number of carbonyl (C=O) groups is 1. The monoisotopic (exact) mass is 476 g/mol. The summed E-state index contributed by atoms with van der Waals surface area (Å²) in [6.07, 6.45) is 0. The Hall–Kier alpha value is -2.38. The van der Waals surface area contributed by atoms with E-state index < -0.39 is 15.9 Å². The van der Waals surface area contributed by atoms with E-state index >= 15 is 0 Å². The molecule has 0 fully saturated rings. The summed E-state index contributed by atoms with van der Waals surface area (Å²) in [4.78, 5) is 12.8. The molecule has 3 aromatic carbocycles. The van der Waals surface area contributed by atoms with E-state index in [-0.39, 0.29) is 24.0 Å². The zero-order valence-electron chi connectivity index (χ0n) is 16.8. The third-order valence-electron chi connectivity index (χ3n) is 4.72. The van der Waals surface area contributed by atoms with Crippen molar-refractivity contribution in [2.45, 2.75) is 24.4 Å². The molecule has 0 aliphatic heterocycles. The molecule has 0 radical (unpaired) electrons. The lowest BCUT2D eigenvalue weighted by Gasteiger charge is -2.23. The van der Waals surface area contributed by atoms with Gasteiger partial charge in [0.2, 0.25) is 15.9 Å². The predicted octanol–water partition coefficient (Wildman–Crippen LogP) is 5.06. The number of nitrogens with zero attached hydrogens (tertiary/aromatic N) is 1. The lowest BCUT2D eigenvalue weighted by Crippen LogP contribution is -2.41. The van der Waals surface area contributed by atoms with Crippen molar-refractivity contribution in [3.8, 4) is 0 Å². The molecule has 0 saturated carbocycles. The van der Waals surface area contributed by atoms with Crippen LogP contribution in [0.2, 0.25) is 10.0 Å². The normalized spacial score (nSPS) is 12.5. The molecule has 31 heavy (non-hydrogen) atoms. The van der Waals surface area contributed by atoms with Crippen LogP contribution in [-0.2, 0) is 21.4 Å². The largest absolute Gasteiger partial charge is 0.348 e. The average Bonchev–Trinajstić information content (AvgIpc) is 2.75. The van der Waals surface area contributed by atoms with E-state index in [1.807, 2.05) is 37.3 Å². The summed E-state index contributed by atoms with van der Waals surface area (Å²) in [6, 6.07) is 21.9. The van der Waals surface area contributed by atoms with Crippen LogP contribution in [0.25, 0.3) is 0 Å². The molecule has 0 aromatic heterocycles. The Morgan fingerprint density at radius 3 is 2.03 bits per heavy atom. The number of hydrogen-bond donors (Lipinski definition) is 1. The Bertz CT molecular complexity index is 1120. The van der Waals surface area contributed by atoms with Crippen molar-refractivity contribution in [1.29, 1.82) is 0 Å². The van der Waals surface area contributed by atoms with Crippen LogP contribution in [0.5, 0.6) is 0 Å². The molecule has 3 rings (SSSR count). The second-order valence-corrected chi connectivity index (χ2v) is 9.86. The number of halogens is 2. The first-order valence-electron chi connectivity index (χ1n) is 9.60. The number of amides is 1. The minimum atomic E-state index is -3.94. The Kier molecular flexibility index (Phi) is 7.73. The van der Waals surface area contributed by atoms with Gasteiger partial charge in [-0.25, -0.2) is 8.42 Å². The van der Waals surface area contributed by atoms with Crippen LogP contribution < -0.4 is 5.32 Å². The molecule has 0 unspecified atom stereocenters. The molecule has 0 heterocycles. The molecule has 1 N–H and O–H groups in total. The summed E-state index contributed by atoms with van der Waals surface area (Å²) in [6.45, 7) is 1.55. The molecular formula is C23H22Cl2N2O3S. The number of rotatable bonds is 8. The van der Waals surface area contributed by atoms with E-state index in [1.54, 1.807) is 24.3 Å². The zero-order chi connectivity index (χ0) is 22.4. The highest BCUT2D eigenvalue weighted by molar-refractivity contribution is 7.89. The fourth-order valence-corrected chi connectivity index (χ4v) is 4.68. The SMILES string of the molecule is C[C@H](NC(=O)CN(Cc1ccc(Cl)cc1)S(=O)(=O)c1ccc(Cl)cc1)c1ccccc1. The van der Waals surface area contributed by atoms with Gasteiger partial charge in [0.05, 0.1) is 17.5 Å². The first kappa shape index (κ1) is 23.3. The quantitative estimate of drug-likeness (QED) is 0.493. The van der Waals surface area contributed by atoms with Gasteiger partial charge in [0, 0.05) is 16.6 Å². The molecule has 1 amide bonds. The third-order valence-corrected chi connectivity index (χ3v) is 7.03. The van der Waals surface area contributed by atoms with Crippen molar-refractivity contribution in [3.05, 3.63) is 100 Å². The van der Waals surface area contributed by atoms with Crippen LogP contribution >= 0.6 is 23.2 Å².